The maximum atomic E-state index is 10.3. The Hall–Kier alpha value is -1.61. The number of allylic oxidation sites excluding steroid dienone is 6. The van der Waals surface area contributed by atoms with Crippen molar-refractivity contribution in [3.05, 3.63) is 48.6 Å². The van der Waals surface area contributed by atoms with Crippen LogP contribution in [-0.2, 0) is 4.79 Å². The fraction of sp³-hybridized carbons (Fsp3) is 0.550. The summed E-state index contributed by atoms with van der Waals surface area (Å²) in [7, 11) is 0. The summed E-state index contributed by atoms with van der Waals surface area (Å²) in [5.41, 5.74) is 0. The van der Waals surface area contributed by atoms with Gasteiger partial charge in [-0.2, -0.15) is 0 Å². The Kier molecular flexibility index (Phi) is 15.6. The second-order valence-electron chi connectivity index (χ2n) is 5.58. The highest BCUT2D eigenvalue weighted by molar-refractivity contribution is 5.66. The fourth-order valence-electron chi connectivity index (χ4n) is 1.95. The lowest BCUT2D eigenvalue weighted by Gasteiger charge is -1.98. The molecule has 0 saturated heterocycles. The Balaban J connectivity index is 3.61. The van der Waals surface area contributed by atoms with Crippen LogP contribution >= 0.6 is 0 Å². The average Bonchev–Trinajstić information content (AvgIpc) is 2.52. The van der Waals surface area contributed by atoms with Gasteiger partial charge in [-0.05, 0) is 38.5 Å². The van der Waals surface area contributed by atoms with Gasteiger partial charge in [0.05, 0.1) is 6.10 Å². The number of carboxylic acid groups (broad SMARTS) is 1. The van der Waals surface area contributed by atoms with Crippen molar-refractivity contribution in [3.63, 3.8) is 0 Å². The molecule has 0 amide bonds. The second kappa shape index (κ2) is 16.8. The molecule has 0 saturated carbocycles. The van der Waals surface area contributed by atoms with E-state index in [1.54, 1.807) is 0 Å². The highest BCUT2D eigenvalue weighted by Crippen LogP contribution is 2.02. The number of carboxylic acids is 1. The predicted molar refractivity (Wildman–Crippen MR) is 97.4 cm³/mol. The van der Waals surface area contributed by atoms with Crippen LogP contribution in [0.2, 0.25) is 0 Å². The van der Waals surface area contributed by atoms with E-state index in [4.69, 9.17) is 5.11 Å². The molecular weight excluding hydrogens is 288 g/mol. The third-order valence-electron chi connectivity index (χ3n) is 3.30. The molecule has 0 aromatic rings. The topological polar surface area (TPSA) is 57.5 Å². The molecule has 2 N–H and O–H groups in total. The first kappa shape index (κ1) is 21.4. The second-order valence-corrected chi connectivity index (χ2v) is 5.58. The Morgan fingerprint density at radius 2 is 1.70 bits per heavy atom. The number of unbranched alkanes of at least 4 members (excludes halogenated alkanes) is 4. The number of aliphatic carboxylic acids is 1. The minimum atomic E-state index is -0.740. The number of carbonyl (C=O) groups is 1. The van der Waals surface area contributed by atoms with E-state index in [0.717, 1.165) is 19.3 Å². The van der Waals surface area contributed by atoms with E-state index in [2.05, 4.69) is 13.0 Å². The van der Waals surface area contributed by atoms with Gasteiger partial charge in [-0.15, -0.1) is 0 Å². The standard InChI is InChI=1S/C20H32O3/c1-2-3-4-5-7-10-13-16-19(21)17-14-11-8-6-9-12-15-18-20(22)23/h6-7,9-11,13-14,16,19,21H,2-5,8,12,15,17-18H2,1H3,(H,22,23)/b9-6-,10-7-,14-11-,16-13+/t19-/m1/s1. The lowest BCUT2D eigenvalue weighted by Crippen LogP contribution is -1.98. The van der Waals surface area contributed by atoms with Crippen molar-refractivity contribution in [2.24, 2.45) is 0 Å². The Bertz CT molecular complexity index is 392. The minimum Gasteiger partial charge on any atom is -0.481 e. The highest BCUT2D eigenvalue weighted by Gasteiger charge is 1.93. The van der Waals surface area contributed by atoms with Gasteiger partial charge in [0.2, 0.25) is 0 Å². The van der Waals surface area contributed by atoms with Crippen LogP contribution in [0, 0.1) is 0 Å². The molecule has 0 aliphatic heterocycles. The number of hydrogen-bond acceptors (Lipinski definition) is 2. The van der Waals surface area contributed by atoms with E-state index in [1.165, 1.54) is 19.3 Å². The molecule has 3 heteroatoms. The van der Waals surface area contributed by atoms with Crippen LogP contribution in [0.1, 0.15) is 64.7 Å². The average molecular weight is 320 g/mol. The first-order valence-corrected chi connectivity index (χ1v) is 8.70. The summed E-state index contributed by atoms with van der Waals surface area (Å²) < 4.78 is 0. The maximum absolute atomic E-state index is 10.3. The van der Waals surface area contributed by atoms with Crippen LogP contribution < -0.4 is 0 Å². The third-order valence-corrected chi connectivity index (χ3v) is 3.30. The van der Waals surface area contributed by atoms with Crippen LogP contribution in [0.25, 0.3) is 0 Å². The third kappa shape index (κ3) is 18.3. The van der Waals surface area contributed by atoms with Crippen molar-refractivity contribution in [1.82, 2.24) is 0 Å². The summed E-state index contributed by atoms with van der Waals surface area (Å²) in [6.07, 6.45) is 23.5. The fourth-order valence-corrected chi connectivity index (χ4v) is 1.95. The Labute approximate surface area is 141 Å². The minimum absolute atomic E-state index is 0.228. The Morgan fingerprint density at radius 3 is 2.43 bits per heavy atom. The summed E-state index contributed by atoms with van der Waals surface area (Å²) in [5.74, 6) is -0.740. The quantitative estimate of drug-likeness (QED) is 0.263. The molecule has 0 unspecified atom stereocenters. The molecule has 0 bridgehead atoms. The first-order chi connectivity index (χ1) is 11.2. The van der Waals surface area contributed by atoms with Crippen molar-refractivity contribution >= 4 is 5.97 Å². The smallest absolute Gasteiger partial charge is 0.303 e. The Morgan fingerprint density at radius 1 is 0.957 bits per heavy atom. The zero-order chi connectivity index (χ0) is 17.2. The molecule has 3 nitrogen and oxygen atoms in total. The van der Waals surface area contributed by atoms with Gasteiger partial charge in [0.25, 0.3) is 0 Å². The molecule has 0 aliphatic carbocycles. The predicted octanol–water partition coefficient (Wildman–Crippen LogP) is 5.19. The van der Waals surface area contributed by atoms with Crippen molar-refractivity contribution in [3.8, 4) is 0 Å². The summed E-state index contributed by atoms with van der Waals surface area (Å²) in [5, 5.41) is 18.3. The van der Waals surface area contributed by atoms with Crippen LogP contribution in [0.5, 0.6) is 0 Å². The van der Waals surface area contributed by atoms with Gasteiger partial charge in [0.15, 0.2) is 0 Å². The van der Waals surface area contributed by atoms with Crippen molar-refractivity contribution < 1.29 is 15.0 Å². The molecule has 0 aliphatic rings. The molecule has 0 heterocycles. The molecule has 0 aromatic carbocycles. The number of aliphatic hydroxyl groups excluding tert-OH is 1. The van der Waals surface area contributed by atoms with Gasteiger partial charge >= 0.3 is 5.97 Å². The summed E-state index contributed by atoms with van der Waals surface area (Å²) >= 11 is 0. The van der Waals surface area contributed by atoms with E-state index in [-0.39, 0.29) is 6.42 Å². The number of rotatable bonds is 14. The van der Waals surface area contributed by atoms with E-state index < -0.39 is 12.1 Å². The molecule has 0 radical (unpaired) electrons. The monoisotopic (exact) mass is 320 g/mol. The molecule has 130 valence electrons. The molecule has 23 heavy (non-hydrogen) atoms. The molecule has 0 spiro atoms. The summed E-state index contributed by atoms with van der Waals surface area (Å²) in [6, 6.07) is 0. The van der Waals surface area contributed by atoms with E-state index in [1.807, 2.05) is 42.5 Å². The SMILES string of the molecule is CCCCC/C=C\C=C\[C@@H](O)C/C=C\C/C=C\CCCC(=O)O. The first-order valence-electron chi connectivity index (χ1n) is 8.70. The largest absolute Gasteiger partial charge is 0.481 e. The van der Waals surface area contributed by atoms with Gasteiger partial charge in [-0.1, -0.05) is 68.4 Å². The molecular formula is C20H32O3. The van der Waals surface area contributed by atoms with Crippen molar-refractivity contribution in [2.75, 3.05) is 0 Å². The van der Waals surface area contributed by atoms with Crippen LogP contribution in [0.3, 0.4) is 0 Å². The van der Waals surface area contributed by atoms with Crippen molar-refractivity contribution in [2.45, 2.75) is 70.8 Å². The van der Waals surface area contributed by atoms with Crippen LogP contribution in [0.15, 0.2) is 48.6 Å². The maximum Gasteiger partial charge on any atom is 0.303 e. The summed E-state index contributed by atoms with van der Waals surface area (Å²) in [6.45, 7) is 2.20. The molecule has 1 atom stereocenters. The summed E-state index contributed by atoms with van der Waals surface area (Å²) in [4.78, 5) is 10.3. The van der Waals surface area contributed by atoms with E-state index in [9.17, 15) is 9.90 Å². The zero-order valence-corrected chi connectivity index (χ0v) is 14.4. The van der Waals surface area contributed by atoms with Crippen LogP contribution in [0.4, 0.5) is 0 Å². The normalized spacial score (nSPS) is 13.8. The molecule has 0 aromatic heterocycles. The van der Waals surface area contributed by atoms with Gasteiger partial charge in [-0.25, -0.2) is 0 Å². The van der Waals surface area contributed by atoms with Gasteiger partial charge < -0.3 is 10.2 Å². The van der Waals surface area contributed by atoms with E-state index >= 15 is 0 Å². The highest BCUT2D eigenvalue weighted by atomic mass is 16.4. The van der Waals surface area contributed by atoms with Crippen LogP contribution in [-0.4, -0.2) is 22.3 Å². The van der Waals surface area contributed by atoms with E-state index in [0.29, 0.717) is 12.8 Å². The molecule has 0 rings (SSSR count). The number of hydrogen-bond donors (Lipinski definition) is 2. The van der Waals surface area contributed by atoms with Gasteiger partial charge in [0, 0.05) is 6.42 Å². The lowest BCUT2D eigenvalue weighted by atomic mass is 10.2. The lowest BCUT2D eigenvalue weighted by molar-refractivity contribution is -0.137. The van der Waals surface area contributed by atoms with Gasteiger partial charge in [0.1, 0.15) is 0 Å². The zero-order valence-electron chi connectivity index (χ0n) is 14.4. The van der Waals surface area contributed by atoms with Crippen molar-refractivity contribution in [1.29, 1.82) is 0 Å². The number of aliphatic hydroxyl groups is 1. The van der Waals surface area contributed by atoms with Gasteiger partial charge in [-0.3, -0.25) is 4.79 Å². The molecule has 0 fully saturated rings.